The number of likely N-dealkylation sites (tertiary alicyclic amines) is 1. The molecule has 6 nitrogen and oxygen atoms in total. The molecule has 2 fully saturated rings. The van der Waals surface area contributed by atoms with Crippen LogP contribution in [0.4, 0.5) is 0 Å². The van der Waals surface area contributed by atoms with Crippen LogP contribution in [0.5, 0.6) is 11.5 Å². The molecule has 30 heavy (non-hydrogen) atoms. The van der Waals surface area contributed by atoms with Crippen molar-refractivity contribution < 1.29 is 14.2 Å². The lowest BCUT2D eigenvalue weighted by molar-refractivity contribution is 0.181. The van der Waals surface area contributed by atoms with Crippen LogP contribution in [0.1, 0.15) is 62.5 Å². The number of rotatable bonds is 7. The Hall–Kier alpha value is -2.39. The fourth-order valence-corrected chi connectivity index (χ4v) is 5.10. The van der Waals surface area contributed by atoms with Crippen molar-refractivity contribution in [3.63, 3.8) is 0 Å². The second-order valence-electron chi connectivity index (χ2n) is 8.38. The lowest BCUT2D eigenvalue weighted by Gasteiger charge is -2.40. The van der Waals surface area contributed by atoms with Crippen LogP contribution < -0.4 is 14.8 Å². The molecule has 0 aromatic heterocycles. The number of fused-ring (bicyclic) bond motifs is 3. The van der Waals surface area contributed by atoms with Gasteiger partial charge in [-0.1, -0.05) is 12.8 Å². The summed E-state index contributed by atoms with van der Waals surface area (Å²) in [5.74, 6) is 2.27. The van der Waals surface area contributed by atoms with Crippen LogP contribution in [0.2, 0.25) is 0 Å². The molecule has 2 atom stereocenters. The van der Waals surface area contributed by atoms with E-state index in [0.29, 0.717) is 36.7 Å². The first-order valence-corrected chi connectivity index (χ1v) is 11.4. The van der Waals surface area contributed by atoms with Crippen molar-refractivity contribution in [2.24, 2.45) is 0 Å². The van der Waals surface area contributed by atoms with Crippen molar-refractivity contribution in [1.29, 1.82) is 5.26 Å². The van der Waals surface area contributed by atoms with Crippen molar-refractivity contribution in [2.45, 2.75) is 57.4 Å². The van der Waals surface area contributed by atoms with Gasteiger partial charge < -0.3 is 19.5 Å². The van der Waals surface area contributed by atoms with Crippen molar-refractivity contribution in [3.8, 4) is 17.6 Å². The molecule has 4 rings (SSSR count). The van der Waals surface area contributed by atoms with Crippen LogP contribution in [0.15, 0.2) is 17.9 Å². The van der Waals surface area contributed by atoms with Gasteiger partial charge in [0.2, 0.25) is 5.76 Å². The molecule has 1 saturated carbocycles. The molecule has 2 heterocycles. The largest absolute Gasteiger partial charge is 0.493 e. The number of benzene rings is 1. The Labute approximate surface area is 179 Å². The Morgan fingerprint density at radius 2 is 1.97 bits per heavy atom. The third-order valence-corrected chi connectivity index (χ3v) is 6.58. The number of allylic oxidation sites excluding steroid dienone is 1. The average Bonchev–Trinajstić information content (AvgIpc) is 3.30. The van der Waals surface area contributed by atoms with Crippen LogP contribution in [-0.4, -0.2) is 50.9 Å². The molecular weight excluding hydrogens is 378 g/mol. The van der Waals surface area contributed by atoms with E-state index in [0.717, 1.165) is 49.5 Å². The van der Waals surface area contributed by atoms with Crippen molar-refractivity contribution in [2.75, 3.05) is 40.0 Å². The molecule has 0 spiro atoms. The number of methoxy groups -OCH3 is 1. The molecule has 3 aliphatic rings. The SMILES string of the molecule is CCOc1cc2c(cc1OC)/C(=C(/C#N)OCCN1CCCC1)NC1CCCCC21. The third-order valence-electron chi connectivity index (χ3n) is 6.58. The van der Waals surface area contributed by atoms with Crippen LogP contribution in [0.25, 0.3) is 5.70 Å². The summed E-state index contributed by atoms with van der Waals surface area (Å²) in [6, 6.07) is 6.78. The molecule has 1 aromatic rings. The van der Waals surface area contributed by atoms with E-state index in [-0.39, 0.29) is 0 Å². The lowest BCUT2D eigenvalue weighted by atomic mass is 9.75. The van der Waals surface area contributed by atoms with Gasteiger partial charge in [0, 0.05) is 24.1 Å². The average molecular weight is 412 g/mol. The summed E-state index contributed by atoms with van der Waals surface area (Å²) in [6.07, 6.45) is 7.21. The predicted molar refractivity (Wildman–Crippen MR) is 116 cm³/mol. The lowest BCUT2D eigenvalue weighted by Crippen LogP contribution is -2.41. The number of nitrogens with one attached hydrogen (secondary N) is 1. The highest BCUT2D eigenvalue weighted by atomic mass is 16.5. The number of ether oxygens (including phenoxy) is 3. The zero-order chi connectivity index (χ0) is 20.9. The number of nitrogens with zero attached hydrogens (tertiary/aromatic N) is 2. The molecule has 0 amide bonds. The van der Waals surface area contributed by atoms with Gasteiger partial charge in [-0.15, -0.1) is 0 Å². The van der Waals surface area contributed by atoms with Gasteiger partial charge in [-0.05, 0) is 63.4 Å². The van der Waals surface area contributed by atoms with Gasteiger partial charge in [0.15, 0.2) is 11.5 Å². The molecule has 1 aromatic carbocycles. The highest BCUT2D eigenvalue weighted by Gasteiger charge is 2.36. The standard InChI is InChI=1S/C24H33N3O3/c1-3-29-22-14-18-17-8-4-5-9-20(17)26-24(19(18)15-21(22)28-2)23(16-25)30-13-12-27-10-6-7-11-27/h14-15,17,20,26H,3-13H2,1-2H3/b24-23+. The zero-order valence-electron chi connectivity index (χ0n) is 18.2. The van der Waals surface area contributed by atoms with E-state index in [2.05, 4.69) is 22.4 Å². The van der Waals surface area contributed by atoms with Crippen LogP contribution in [0, 0.1) is 11.3 Å². The van der Waals surface area contributed by atoms with Gasteiger partial charge in [0.1, 0.15) is 12.7 Å². The van der Waals surface area contributed by atoms with E-state index in [1.54, 1.807) is 7.11 Å². The molecule has 1 aliphatic carbocycles. The van der Waals surface area contributed by atoms with E-state index in [4.69, 9.17) is 14.2 Å². The van der Waals surface area contributed by atoms with Crippen molar-refractivity contribution in [1.82, 2.24) is 10.2 Å². The first-order valence-electron chi connectivity index (χ1n) is 11.4. The highest BCUT2D eigenvalue weighted by Crippen LogP contribution is 2.45. The minimum Gasteiger partial charge on any atom is -0.493 e. The first kappa shape index (κ1) is 20.9. The maximum Gasteiger partial charge on any atom is 0.221 e. The van der Waals surface area contributed by atoms with Gasteiger partial charge in [-0.2, -0.15) is 5.26 Å². The summed E-state index contributed by atoms with van der Waals surface area (Å²) in [5, 5.41) is 13.6. The number of nitriles is 1. The van der Waals surface area contributed by atoms with Gasteiger partial charge in [0.05, 0.1) is 19.4 Å². The fraction of sp³-hybridized carbons (Fsp3) is 0.625. The Morgan fingerprint density at radius 1 is 1.17 bits per heavy atom. The summed E-state index contributed by atoms with van der Waals surface area (Å²) >= 11 is 0. The van der Waals surface area contributed by atoms with Crippen LogP contribution in [-0.2, 0) is 4.74 Å². The number of hydrogen-bond acceptors (Lipinski definition) is 6. The summed E-state index contributed by atoms with van der Waals surface area (Å²) < 4.78 is 17.5. The minimum atomic E-state index is 0.328. The minimum absolute atomic E-state index is 0.328. The van der Waals surface area contributed by atoms with Crippen molar-refractivity contribution >= 4 is 5.70 Å². The Morgan fingerprint density at radius 3 is 2.70 bits per heavy atom. The summed E-state index contributed by atoms with van der Waals surface area (Å²) in [7, 11) is 1.66. The molecule has 162 valence electrons. The van der Waals surface area contributed by atoms with Gasteiger partial charge in [-0.3, -0.25) is 4.90 Å². The van der Waals surface area contributed by atoms with E-state index < -0.39 is 0 Å². The predicted octanol–water partition coefficient (Wildman–Crippen LogP) is 4.03. The first-order chi connectivity index (χ1) is 14.7. The maximum atomic E-state index is 9.91. The molecule has 0 radical (unpaired) electrons. The van der Waals surface area contributed by atoms with E-state index in [1.807, 2.05) is 13.0 Å². The van der Waals surface area contributed by atoms with Crippen LogP contribution in [0.3, 0.4) is 0 Å². The van der Waals surface area contributed by atoms with E-state index in [1.165, 1.54) is 31.2 Å². The second kappa shape index (κ2) is 9.61. The molecule has 6 heteroatoms. The topological polar surface area (TPSA) is 66.8 Å². The zero-order valence-corrected chi connectivity index (χ0v) is 18.2. The monoisotopic (exact) mass is 411 g/mol. The van der Waals surface area contributed by atoms with E-state index in [9.17, 15) is 5.26 Å². The van der Waals surface area contributed by atoms with Crippen LogP contribution >= 0.6 is 0 Å². The molecule has 1 saturated heterocycles. The van der Waals surface area contributed by atoms with Crippen molar-refractivity contribution in [3.05, 3.63) is 29.0 Å². The number of hydrogen-bond donors (Lipinski definition) is 1. The van der Waals surface area contributed by atoms with Gasteiger partial charge >= 0.3 is 0 Å². The summed E-state index contributed by atoms with van der Waals surface area (Å²) in [5.41, 5.74) is 3.06. The Balaban J connectivity index is 1.68. The molecule has 1 N–H and O–H groups in total. The fourth-order valence-electron chi connectivity index (χ4n) is 5.10. The summed E-state index contributed by atoms with van der Waals surface area (Å²) in [6.45, 7) is 6.23. The Kier molecular flexibility index (Phi) is 6.69. The third kappa shape index (κ3) is 4.22. The highest BCUT2D eigenvalue weighted by molar-refractivity contribution is 5.76. The molecule has 2 aliphatic heterocycles. The maximum absolute atomic E-state index is 9.91. The second-order valence-corrected chi connectivity index (χ2v) is 8.38. The van der Waals surface area contributed by atoms with E-state index >= 15 is 0 Å². The Bertz CT molecular complexity index is 824. The van der Waals surface area contributed by atoms with Gasteiger partial charge in [-0.25, -0.2) is 0 Å². The smallest absolute Gasteiger partial charge is 0.221 e. The quantitative estimate of drug-likeness (QED) is 0.540. The molecule has 2 unspecified atom stereocenters. The van der Waals surface area contributed by atoms with Gasteiger partial charge in [0.25, 0.3) is 0 Å². The molecule has 0 bridgehead atoms. The normalized spacial score (nSPS) is 24.8. The summed E-state index contributed by atoms with van der Waals surface area (Å²) in [4.78, 5) is 2.40. The molecular formula is C24H33N3O3.